The number of likely N-dealkylation sites (tertiary alicyclic amines) is 1. The average Bonchev–Trinajstić information content (AvgIpc) is 2.45. The minimum atomic E-state index is -0.957. The van der Waals surface area contributed by atoms with Crippen LogP contribution in [0.1, 0.15) is 34.1 Å². The van der Waals surface area contributed by atoms with Gasteiger partial charge in [0.15, 0.2) is 0 Å². The highest BCUT2D eigenvalue weighted by Gasteiger charge is 2.36. The number of rotatable bonds is 3. The molecule has 1 heterocycles. The summed E-state index contributed by atoms with van der Waals surface area (Å²) in [6.07, 6.45) is 1.74. The molecule has 1 unspecified atom stereocenters. The van der Waals surface area contributed by atoms with Crippen molar-refractivity contribution in [2.24, 2.45) is 11.3 Å². The smallest absolute Gasteiger partial charge is 0.328 e. The Morgan fingerprint density at radius 3 is 2.53 bits per heavy atom. The Morgan fingerprint density at radius 1 is 1.53 bits per heavy atom. The maximum atomic E-state index is 11.8. The molecule has 1 aliphatic heterocycles. The van der Waals surface area contributed by atoms with E-state index >= 15 is 0 Å². The summed E-state index contributed by atoms with van der Waals surface area (Å²) in [6.45, 7) is 9.30. The van der Waals surface area contributed by atoms with Crippen LogP contribution in [-0.4, -0.2) is 35.0 Å². The number of carbonyl (C=O) groups is 2. The second-order valence-electron chi connectivity index (χ2n) is 5.87. The van der Waals surface area contributed by atoms with E-state index in [0.29, 0.717) is 24.5 Å². The molecule has 1 aliphatic rings. The third-order valence-corrected chi connectivity index (χ3v) is 3.25. The van der Waals surface area contributed by atoms with E-state index in [1.807, 2.05) is 0 Å². The lowest BCUT2D eigenvalue weighted by Gasteiger charge is -2.26. The van der Waals surface area contributed by atoms with Gasteiger partial charge in [0.25, 0.3) is 0 Å². The van der Waals surface area contributed by atoms with Crippen LogP contribution in [-0.2, 0) is 9.59 Å². The molecule has 1 N–H and O–H groups in total. The van der Waals surface area contributed by atoms with Crippen molar-refractivity contribution in [2.45, 2.75) is 34.1 Å². The van der Waals surface area contributed by atoms with Crippen LogP contribution < -0.4 is 0 Å². The van der Waals surface area contributed by atoms with Gasteiger partial charge in [0.2, 0.25) is 5.91 Å². The molecule has 1 fully saturated rings. The Bertz CT molecular complexity index is 352. The van der Waals surface area contributed by atoms with Gasteiger partial charge in [0.1, 0.15) is 0 Å². The Kier molecular flexibility index (Phi) is 3.96. The van der Waals surface area contributed by atoms with E-state index in [0.717, 1.165) is 12.6 Å². The summed E-state index contributed by atoms with van der Waals surface area (Å²) in [5.74, 6) is -0.475. The topological polar surface area (TPSA) is 57.6 Å². The molecule has 1 rings (SSSR count). The normalized spacial score (nSPS) is 22.1. The van der Waals surface area contributed by atoms with E-state index in [-0.39, 0.29) is 11.3 Å². The lowest BCUT2D eigenvalue weighted by Crippen LogP contribution is -2.29. The standard InChI is InChI=1S/C13H21NO3/c1-9(5-12(16)17)7-14-8-10(6-11(14)15)13(2,3)4/h5,10H,6-8H2,1-4H3,(H,16,17). The Morgan fingerprint density at radius 2 is 2.12 bits per heavy atom. The molecule has 96 valence electrons. The zero-order valence-electron chi connectivity index (χ0n) is 11.0. The summed E-state index contributed by atoms with van der Waals surface area (Å²) in [7, 11) is 0. The van der Waals surface area contributed by atoms with Gasteiger partial charge in [-0.3, -0.25) is 4.79 Å². The Labute approximate surface area is 102 Å². The van der Waals surface area contributed by atoms with Crippen LogP contribution in [0.25, 0.3) is 0 Å². The molecule has 0 spiro atoms. The van der Waals surface area contributed by atoms with Crippen molar-refractivity contribution in [1.29, 1.82) is 0 Å². The van der Waals surface area contributed by atoms with E-state index in [1.54, 1.807) is 11.8 Å². The number of carbonyl (C=O) groups excluding carboxylic acids is 1. The Hall–Kier alpha value is -1.32. The first kappa shape index (κ1) is 13.7. The molecule has 0 bridgehead atoms. The molecule has 0 aliphatic carbocycles. The summed E-state index contributed by atoms with van der Waals surface area (Å²) in [5.41, 5.74) is 0.829. The third-order valence-electron chi connectivity index (χ3n) is 3.25. The quantitative estimate of drug-likeness (QED) is 0.765. The van der Waals surface area contributed by atoms with Gasteiger partial charge in [-0.05, 0) is 23.8 Å². The molecular weight excluding hydrogens is 218 g/mol. The largest absolute Gasteiger partial charge is 0.478 e. The van der Waals surface area contributed by atoms with Gasteiger partial charge in [-0.2, -0.15) is 0 Å². The summed E-state index contributed by atoms with van der Waals surface area (Å²) in [4.78, 5) is 24.1. The van der Waals surface area contributed by atoms with Crippen LogP contribution in [0.4, 0.5) is 0 Å². The van der Waals surface area contributed by atoms with Crippen molar-refractivity contribution in [3.63, 3.8) is 0 Å². The van der Waals surface area contributed by atoms with Crippen LogP contribution >= 0.6 is 0 Å². The van der Waals surface area contributed by atoms with Gasteiger partial charge in [0, 0.05) is 25.6 Å². The van der Waals surface area contributed by atoms with Crippen molar-refractivity contribution in [1.82, 2.24) is 4.90 Å². The number of hydrogen-bond acceptors (Lipinski definition) is 2. The van der Waals surface area contributed by atoms with E-state index in [4.69, 9.17) is 5.11 Å². The minimum Gasteiger partial charge on any atom is -0.478 e. The third kappa shape index (κ3) is 3.88. The molecule has 1 saturated heterocycles. The van der Waals surface area contributed by atoms with Crippen LogP contribution in [0.3, 0.4) is 0 Å². The van der Waals surface area contributed by atoms with Gasteiger partial charge in [0.05, 0.1) is 0 Å². The van der Waals surface area contributed by atoms with Crippen molar-refractivity contribution < 1.29 is 14.7 Å². The van der Waals surface area contributed by atoms with Gasteiger partial charge in [-0.15, -0.1) is 0 Å². The zero-order chi connectivity index (χ0) is 13.2. The maximum Gasteiger partial charge on any atom is 0.328 e. The first-order chi connectivity index (χ1) is 7.70. The fourth-order valence-corrected chi connectivity index (χ4v) is 2.06. The van der Waals surface area contributed by atoms with Crippen LogP contribution in [0, 0.1) is 11.3 Å². The first-order valence-electron chi connectivity index (χ1n) is 5.88. The summed E-state index contributed by atoms with van der Waals surface area (Å²) >= 11 is 0. The summed E-state index contributed by atoms with van der Waals surface area (Å²) < 4.78 is 0. The highest BCUT2D eigenvalue weighted by molar-refractivity contribution is 5.82. The molecule has 1 atom stereocenters. The van der Waals surface area contributed by atoms with Gasteiger partial charge >= 0.3 is 5.97 Å². The van der Waals surface area contributed by atoms with Crippen molar-refractivity contribution in [2.75, 3.05) is 13.1 Å². The average molecular weight is 239 g/mol. The zero-order valence-corrected chi connectivity index (χ0v) is 11.0. The van der Waals surface area contributed by atoms with E-state index in [9.17, 15) is 9.59 Å². The second kappa shape index (κ2) is 4.90. The molecule has 17 heavy (non-hydrogen) atoms. The van der Waals surface area contributed by atoms with Gasteiger partial charge in [-0.25, -0.2) is 4.79 Å². The lowest BCUT2D eigenvalue weighted by molar-refractivity contribution is -0.131. The maximum absolute atomic E-state index is 11.8. The summed E-state index contributed by atoms with van der Waals surface area (Å²) in [5, 5.41) is 8.63. The van der Waals surface area contributed by atoms with Gasteiger partial charge in [-0.1, -0.05) is 20.8 Å². The molecule has 0 aromatic carbocycles. The van der Waals surface area contributed by atoms with Crippen LogP contribution in [0.5, 0.6) is 0 Å². The van der Waals surface area contributed by atoms with Gasteiger partial charge < -0.3 is 10.0 Å². The predicted octanol–water partition coefficient (Wildman–Crippen LogP) is 1.91. The predicted molar refractivity (Wildman–Crippen MR) is 65.5 cm³/mol. The summed E-state index contributed by atoms with van der Waals surface area (Å²) in [6, 6.07) is 0. The molecule has 0 radical (unpaired) electrons. The molecular formula is C13H21NO3. The molecule has 4 heteroatoms. The molecule has 1 amide bonds. The first-order valence-corrected chi connectivity index (χ1v) is 5.88. The monoisotopic (exact) mass is 239 g/mol. The van der Waals surface area contributed by atoms with E-state index in [1.165, 1.54) is 0 Å². The fraction of sp³-hybridized carbons (Fsp3) is 0.692. The number of nitrogens with zero attached hydrogens (tertiary/aromatic N) is 1. The number of hydrogen-bond donors (Lipinski definition) is 1. The SMILES string of the molecule is CC(=CC(=O)O)CN1CC(C(C)(C)C)CC1=O. The van der Waals surface area contributed by atoms with E-state index in [2.05, 4.69) is 20.8 Å². The van der Waals surface area contributed by atoms with Crippen molar-refractivity contribution in [3.05, 3.63) is 11.6 Å². The lowest BCUT2D eigenvalue weighted by atomic mass is 9.80. The van der Waals surface area contributed by atoms with Crippen molar-refractivity contribution in [3.8, 4) is 0 Å². The number of carboxylic acids is 1. The van der Waals surface area contributed by atoms with Crippen molar-refractivity contribution >= 4 is 11.9 Å². The van der Waals surface area contributed by atoms with Crippen LogP contribution in [0.15, 0.2) is 11.6 Å². The van der Waals surface area contributed by atoms with E-state index < -0.39 is 5.97 Å². The Balaban J connectivity index is 2.63. The van der Waals surface area contributed by atoms with Crippen LogP contribution in [0.2, 0.25) is 0 Å². The molecule has 0 aromatic rings. The highest BCUT2D eigenvalue weighted by Crippen LogP contribution is 2.34. The fourth-order valence-electron chi connectivity index (χ4n) is 2.06. The number of amides is 1. The molecule has 0 aromatic heterocycles. The molecule has 4 nitrogen and oxygen atoms in total. The number of aliphatic carboxylic acids is 1. The molecule has 0 saturated carbocycles. The highest BCUT2D eigenvalue weighted by atomic mass is 16.4. The number of carboxylic acid groups (broad SMARTS) is 1. The second-order valence-corrected chi connectivity index (χ2v) is 5.87. The minimum absolute atomic E-state index is 0.120.